The smallest absolute Gasteiger partial charge is 0.237 e. The molecular formula is C20H30Cl2N4O2. The van der Waals surface area contributed by atoms with E-state index in [1.54, 1.807) is 12.1 Å². The van der Waals surface area contributed by atoms with Crippen LogP contribution < -0.4 is 16.0 Å². The van der Waals surface area contributed by atoms with E-state index in [1.807, 2.05) is 12.1 Å². The van der Waals surface area contributed by atoms with Crippen LogP contribution in [-0.4, -0.2) is 55.5 Å². The number of carbonyl (C=O) groups is 2. The number of likely N-dealkylation sites (tertiary alicyclic amines) is 1. The van der Waals surface area contributed by atoms with Crippen LogP contribution in [0.25, 0.3) is 0 Å². The Bertz CT molecular complexity index is 653. The van der Waals surface area contributed by atoms with Crippen LogP contribution in [0.5, 0.6) is 0 Å². The number of halogens is 2. The normalized spacial score (nSPS) is 22.3. The van der Waals surface area contributed by atoms with Gasteiger partial charge in [-0.1, -0.05) is 17.7 Å². The van der Waals surface area contributed by atoms with Gasteiger partial charge in [0.2, 0.25) is 11.8 Å². The predicted octanol–water partition coefficient (Wildman–Crippen LogP) is 2.67. The van der Waals surface area contributed by atoms with Crippen molar-refractivity contribution >= 4 is 41.5 Å². The van der Waals surface area contributed by atoms with Gasteiger partial charge >= 0.3 is 0 Å². The van der Waals surface area contributed by atoms with E-state index in [0.29, 0.717) is 17.4 Å². The Balaban J connectivity index is 0.00000280. The van der Waals surface area contributed by atoms with Gasteiger partial charge in [-0.05, 0) is 62.9 Å². The lowest BCUT2D eigenvalue weighted by molar-refractivity contribution is -0.123. The number of hydrogen-bond donors (Lipinski definition) is 3. The molecule has 2 saturated heterocycles. The van der Waals surface area contributed by atoms with Gasteiger partial charge in [-0.25, -0.2) is 0 Å². The molecule has 0 bridgehead atoms. The number of rotatable bonds is 7. The lowest BCUT2D eigenvalue weighted by Crippen LogP contribution is -2.45. The molecule has 2 aliphatic rings. The number of amides is 2. The average molecular weight is 429 g/mol. The van der Waals surface area contributed by atoms with Crippen molar-refractivity contribution in [1.82, 2.24) is 15.5 Å². The van der Waals surface area contributed by atoms with Crippen LogP contribution >= 0.6 is 24.0 Å². The van der Waals surface area contributed by atoms with Crippen LogP contribution in [0.3, 0.4) is 0 Å². The number of carbonyl (C=O) groups excluding carboxylic acids is 2. The van der Waals surface area contributed by atoms with Crippen molar-refractivity contribution in [3.8, 4) is 0 Å². The Morgan fingerprint density at radius 2 is 2.11 bits per heavy atom. The first-order valence-electron chi connectivity index (χ1n) is 9.89. The number of piperidine rings is 1. The Kier molecular flexibility index (Phi) is 9.51. The highest BCUT2D eigenvalue weighted by atomic mass is 35.5. The highest BCUT2D eigenvalue weighted by Crippen LogP contribution is 2.17. The summed E-state index contributed by atoms with van der Waals surface area (Å²) in [6.45, 7) is 4.34. The third-order valence-electron chi connectivity index (χ3n) is 5.31. The molecule has 2 fully saturated rings. The largest absolute Gasteiger partial charge is 0.354 e. The van der Waals surface area contributed by atoms with E-state index >= 15 is 0 Å². The van der Waals surface area contributed by atoms with Crippen molar-refractivity contribution in [2.24, 2.45) is 5.92 Å². The molecule has 2 unspecified atom stereocenters. The van der Waals surface area contributed by atoms with Crippen LogP contribution in [0.1, 0.15) is 32.1 Å². The summed E-state index contributed by atoms with van der Waals surface area (Å²) < 4.78 is 0. The van der Waals surface area contributed by atoms with E-state index in [1.165, 1.54) is 0 Å². The minimum atomic E-state index is -0.0140. The first-order valence-corrected chi connectivity index (χ1v) is 10.3. The molecule has 2 atom stereocenters. The standard InChI is InChI=1S/C20H29ClN4O2.ClH/c21-16-5-1-6-17(12-16)24-19(26)8-11-25-10-3-4-15(14-25)13-23-20(27)18-7-2-9-22-18;/h1,5-6,12,15,18,22H,2-4,7-11,13-14H2,(H,23,27)(H,24,26);1H. The van der Waals surface area contributed by atoms with Crippen LogP contribution in [-0.2, 0) is 9.59 Å². The first kappa shape index (κ1) is 22.9. The number of benzene rings is 1. The molecule has 156 valence electrons. The average Bonchev–Trinajstić information content (AvgIpc) is 3.20. The quantitative estimate of drug-likeness (QED) is 0.623. The zero-order valence-electron chi connectivity index (χ0n) is 16.1. The maximum absolute atomic E-state index is 12.2. The lowest BCUT2D eigenvalue weighted by atomic mass is 9.97. The summed E-state index contributed by atoms with van der Waals surface area (Å²) in [7, 11) is 0. The van der Waals surface area contributed by atoms with E-state index < -0.39 is 0 Å². The van der Waals surface area contributed by atoms with Gasteiger partial charge in [0.15, 0.2) is 0 Å². The fourth-order valence-corrected chi connectivity index (χ4v) is 4.04. The monoisotopic (exact) mass is 428 g/mol. The maximum Gasteiger partial charge on any atom is 0.237 e. The summed E-state index contributed by atoms with van der Waals surface area (Å²) in [5, 5.41) is 9.84. The Morgan fingerprint density at radius 3 is 2.86 bits per heavy atom. The molecule has 28 heavy (non-hydrogen) atoms. The van der Waals surface area contributed by atoms with Crippen LogP contribution in [0.2, 0.25) is 5.02 Å². The van der Waals surface area contributed by atoms with Crippen LogP contribution in [0, 0.1) is 5.92 Å². The third-order valence-corrected chi connectivity index (χ3v) is 5.54. The number of nitrogens with zero attached hydrogens (tertiary/aromatic N) is 1. The second-order valence-electron chi connectivity index (χ2n) is 7.51. The highest BCUT2D eigenvalue weighted by Gasteiger charge is 2.24. The molecule has 3 N–H and O–H groups in total. The van der Waals surface area contributed by atoms with Gasteiger partial charge < -0.3 is 20.9 Å². The molecule has 1 aromatic rings. The number of hydrogen-bond acceptors (Lipinski definition) is 4. The second-order valence-corrected chi connectivity index (χ2v) is 7.95. The number of anilines is 1. The van der Waals surface area contributed by atoms with Crippen LogP contribution in [0.15, 0.2) is 24.3 Å². The van der Waals surface area contributed by atoms with Crippen molar-refractivity contribution < 1.29 is 9.59 Å². The van der Waals surface area contributed by atoms with E-state index in [9.17, 15) is 9.59 Å². The predicted molar refractivity (Wildman–Crippen MR) is 115 cm³/mol. The summed E-state index contributed by atoms with van der Waals surface area (Å²) >= 11 is 5.94. The molecular weight excluding hydrogens is 399 g/mol. The van der Waals surface area contributed by atoms with E-state index in [4.69, 9.17) is 11.6 Å². The van der Waals surface area contributed by atoms with Crippen molar-refractivity contribution in [3.05, 3.63) is 29.3 Å². The summed E-state index contributed by atoms with van der Waals surface area (Å²) in [5.41, 5.74) is 0.729. The van der Waals surface area contributed by atoms with Crippen molar-refractivity contribution in [1.29, 1.82) is 0 Å². The molecule has 3 rings (SSSR count). The van der Waals surface area contributed by atoms with Gasteiger partial charge in [-0.2, -0.15) is 0 Å². The molecule has 2 heterocycles. The summed E-state index contributed by atoms with van der Waals surface area (Å²) in [5.74, 6) is 0.589. The fraction of sp³-hybridized carbons (Fsp3) is 0.600. The van der Waals surface area contributed by atoms with E-state index in [0.717, 1.165) is 64.1 Å². The summed E-state index contributed by atoms with van der Waals surface area (Å²) in [6, 6.07) is 7.18. The minimum Gasteiger partial charge on any atom is -0.354 e. The molecule has 0 aromatic heterocycles. The molecule has 0 spiro atoms. The molecule has 8 heteroatoms. The van der Waals surface area contributed by atoms with Gasteiger partial charge in [0.05, 0.1) is 6.04 Å². The van der Waals surface area contributed by atoms with Crippen molar-refractivity contribution in [2.45, 2.75) is 38.1 Å². The van der Waals surface area contributed by atoms with Crippen LogP contribution in [0.4, 0.5) is 5.69 Å². The minimum absolute atomic E-state index is 0. The Labute approximate surface area is 178 Å². The molecule has 0 radical (unpaired) electrons. The Hall–Kier alpha value is -1.34. The molecule has 2 aliphatic heterocycles. The molecule has 0 saturated carbocycles. The zero-order chi connectivity index (χ0) is 19.1. The highest BCUT2D eigenvalue weighted by molar-refractivity contribution is 6.30. The molecule has 6 nitrogen and oxygen atoms in total. The summed E-state index contributed by atoms with van der Waals surface area (Å²) in [4.78, 5) is 26.6. The van der Waals surface area contributed by atoms with Gasteiger partial charge in [0, 0.05) is 36.8 Å². The summed E-state index contributed by atoms with van der Waals surface area (Å²) in [6.07, 6.45) is 4.70. The van der Waals surface area contributed by atoms with Crippen molar-refractivity contribution in [2.75, 3.05) is 38.0 Å². The topological polar surface area (TPSA) is 73.5 Å². The molecule has 1 aromatic carbocycles. The Morgan fingerprint density at radius 1 is 1.25 bits per heavy atom. The van der Waals surface area contributed by atoms with Crippen molar-refractivity contribution in [3.63, 3.8) is 0 Å². The van der Waals surface area contributed by atoms with E-state index in [-0.39, 0.29) is 30.3 Å². The van der Waals surface area contributed by atoms with Gasteiger partial charge in [-0.15, -0.1) is 12.4 Å². The first-order chi connectivity index (χ1) is 13.1. The molecule has 2 amide bonds. The maximum atomic E-state index is 12.2. The second kappa shape index (κ2) is 11.6. The van der Waals surface area contributed by atoms with Gasteiger partial charge in [0.1, 0.15) is 0 Å². The number of nitrogens with one attached hydrogen (secondary N) is 3. The van der Waals surface area contributed by atoms with E-state index in [2.05, 4.69) is 20.9 Å². The van der Waals surface area contributed by atoms with Gasteiger partial charge in [0.25, 0.3) is 0 Å². The zero-order valence-corrected chi connectivity index (χ0v) is 17.7. The molecule has 0 aliphatic carbocycles. The SMILES string of the molecule is Cl.O=C(CCN1CCCC(CNC(=O)C2CCCN2)C1)Nc1cccc(Cl)c1. The third kappa shape index (κ3) is 7.24. The fourth-order valence-electron chi connectivity index (χ4n) is 3.85. The van der Waals surface area contributed by atoms with Gasteiger partial charge in [-0.3, -0.25) is 9.59 Å². The lowest BCUT2D eigenvalue weighted by Gasteiger charge is -2.32.